The Labute approximate surface area is 130 Å². The highest BCUT2D eigenvalue weighted by molar-refractivity contribution is 9.10. The van der Waals surface area contributed by atoms with Crippen LogP contribution in [0.3, 0.4) is 0 Å². The first kappa shape index (κ1) is 13.9. The number of hydrogen-bond donors (Lipinski definition) is 2. The first-order valence-corrected chi connectivity index (χ1v) is 7.40. The zero-order valence-corrected chi connectivity index (χ0v) is 12.8. The number of carboxylic acid groups (broad SMARTS) is 1. The maximum Gasteiger partial charge on any atom is 0.334 e. The third-order valence-corrected chi connectivity index (χ3v) is 4.18. The molecule has 2 aromatic carbocycles. The molecule has 0 aromatic heterocycles. The number of benzene rings is 2. The molecule has 0 spiro atoms. The van der Waals surface area contributed by atoms with Gasteiger partial charge in [-0.2, -0.15) is 0 Å². The van der Waals surface area contributed by atoms with Gasteiger partial charge in [-0.25, -0.2) is 4.79 Å². The molecular weight excluding hydrogens is 334 g/mol. The van der Waals surface area contributed by atoms with Crippen molar-refractivity contribution in [3.05, 3.63) is 58.6 Å². The van der Waals surface area contributed by atoms with Crippen molar-refractivity contribution in [1.29, 1.82) is 0 Å². The minimum absolute atomic E-state index is 0.368. The van der Waals surface area contributed by atoms with Gasteiger partial charge in [0.1, 0.15) is 5.75 Å². The molecule has 21 heavy (non-hydrogen) atoms. The standard InChI is InChI=1S/C16H14BrNO3/c17-11-5-7-12(8-6-11)18-16(15(19)20)9-10-21-14-4-2-1-3-13(14)16/h1-8,18H,9-10H2,(H,19,20). The fourth-order valence-electron chi connectivity index (χ4n) is 2.58. The molecule has 5 heteroatoms. The van der Waals surface area contributed by atoms with Crippen LogP contribution in [0.1, 0.15) is 12.0 Å². The number of halogens is 1. The van der Waals surface area contributed by atoms with Crippen LogP contribution < -0.4 is 10.1 Å². The summed E-state index contributed by atoms with van der Waals surface area (Å²) in [4.78, 5) is 12.0. The lowest BCUT2D eigenvalue weighted by Crippen LogP contribution is -2.47. The minimum Gasteiger partial charge on any atom is -0.493 e. The first-order valence-electron chi connectivity index (χ1n) is 6.61. The van der Waals surface area contributed by atoms with E-state index in [-0.39, 0.29) is 0 Å². The number of hydrogen-bond acceptors (Lipinski definition) is 3. The van der Waals surface area contributed by atoms with Crippen LogP contribution in [0.15, 0.2) is 53.0 Å². The van der Waals surface area contributed by atoms with Crippen molar-refractivity contribution in [2.45, 2.75) is 12.0 Å². The molecule has 0 saturated heterocycles. The quantitative estimate of drug-likeness (QED) is 0.890. The Bertz CT molecular complexity index is 671. The Morgan fingerprint density at radius 2 is 1.90 bits per heavy atom. The lowest BCUT2D eigenvalue weighted by Gasteiger charge is -2.36. The minimum atomic E-state index is -1.16. The summed E-state index contributed by atoms with van der Waals surface area (Å²) in [6, 6.07) is 14.7. The highest BCUT2D eigenvalue weighted by Crippen LogP contribution is 2.39. The molecule has 108 valence electrons. The van der Waals surface area contributed by atoms with Gasteiger partial charge in [0, 0.05) is 22.1 Å². The monoisotopic (exact) mass is 347 g/mol. The number of carbonyl (C=O) groups is 1. The van der Waals surface area contributed by atoms with E-state index in [1.807, 2.05) is 36.4 Å². The van der Waals surface area contributed by atoms with Crippen LogP contribution in [0.2, 0.25) is 0 Å². The summed E-state index contributed by atoms with van der Waals surface area (Å²) in [6.07, 6.45) is 0.370. The Morgan fingerprint density at radius 1 is 1.19 bits per heavy atom. The molecule has 1 atom stereocenters. The molecule has 1 aliphatic heterocycles. The van der Waals surface area contributed by atoms with Crippen LogP contribution >= 0.6 is 15.9 Å². The largest absolute Gasteiger partial charge is 0.493 e. The predicted molar refractivity (Wildman–Crippen MR) is 83.6 cm³/mol. The van der Waals surface area contributed by atoms with Crippen molar-refractivity contribution in [2.75, 3.05) is 11.9 Å². The predicted octanol–water partition coefficient (Wildman–Crippen LogP) is 3.62. The zero-order valence-electron chi connectivity index (χ0n) is 11.2. The average Bonchev–Trinajstić information content (AvgIpc) is 2.50. The molecule has 0 saturated carbocycles. The molecule has 0 radical (unpaired) electrons. The number of anilines is 1. The van der Waals surface area contributed by atoms with E-state index >= 15 is 0 Å². The highest BCUT2D eigenvalue weighted by atomic mass is 79.9. The van der Waals surface area contributed by atoms with Gasteiger partial charge in [0.25, 0.3) is 0 Å². The highest BCUT2D eigenvalue weighted by Gasteiger charge is 2.44. The van der Waals surface area contributed by atoms with E-state index in [4.69, 9.17) is 4.74 Å². The van der Waals surface area contributed by atoms with E-state index < -0.39 is 11.5 Å². The number of carboxylic acids is 1. The zero-order chi connectivity index (χ0) is 14.9. The second kappa shape index (κ2) is 5.41. The molecular formula is C16H14BrNO3. The molecule has 3 rings (SSSR count). The van der Waals surface area contributed by atoms with E-state index in [0.29, 0.717) is 24.3 Å². The van der Waals surface area contributed by atoms with E-state index in [0.717, 1.165) is 10.2 Å². The van der Waals surface area contributed by atoms with Crippen molar-refractivity contribution in [3.63, 3.8) is 0 Å². The summed E-state index contributed by atoms with van der Waals surface area (Å²) in [7, 11) is 0. The van der Waals surface area contributed by atoms with Gasteiger partial charge in [-0.1, -0.05) is 34.1 Å². The van der Waals surface area contributed by atoms with Crippen molar-refractivity contribution < 1.29 is 14.6 Å². The fourth-order valence-corrected chi connectivity index (χ4v) is 2.84. The summed E-state index contributed by atoms with van der Waals surface area (Å²) >= 11 is 3.37. The van der Waals surface area contributed by atoms with Gasteiger partial charge >= 0.3 is 5.97 Å². The lowest BCUT2D eigenvalue weighted by atomic mass is 9.84. The molecule has 1 unspecified atom stereocenters. The molecule has 2 N–H and O–H groups in total. The van der Waals surface area contributed by atoms with E-state index in [1.165, 1.54) is 0 Å². The molecule has 1 aliphatic rings. The first-order chi connectivity index (χ1) is 10.1. The number of para-hydroxylation sites is 1. The molecule has 0 amide bonds. The number of ether oxygens (including phenoxy) is 1. The number of fused-ring (bicyclic) bond motifs is 1. The van der Waals surface area contributed by atoms with Gasteiger partial charge in [0.15, 0.2) is 5.54 Å². The summed E-state index contributed by atoms with van der Waals surface area (Å²) in [5, 5.41) is 13.0. The van der Waals surface area contributed by atoms with Gasteiger partial charge in [-0.3, -0.25) is 0 Å². The van der Waals surface area contributed by atoms with Gasteiger partial charge < -0.3 is 15.2 Å². The Hall–Kier alpha value is -2.01. The summed E-state index contributed by atoms with van der Waals surface area (Å²) in [6.45, 7) is 0.368. The summed E-state index contributed by atoms with van der Waals surface area (Å²) < 4.78 is 6.52. The van der Waals surface area contributed by atoms with Crippen LogP contribution in [0.5, 0.6) is 5.75 Å². The number of nitrogens with one attached hydrogen (secondary N) is 1. The van der Waals surface area contributed by atoms with Crippen molar-refractivity contribution in [2.24, 2.45) is 0 Å². The topological polar surface area (TPSA) is 58.6 Å². The average molecular weight is 348 g/mol. The summed E-state index contributed by atoms with van der Waals surface area (Å²) in [5.41, 5.74) is 0.256. The molecule has 1 heterocycles. The SMILES string of the molecule is O=C(O)C1(Nc2ccc(Br)cc2)CCOc2ccccc21. The van der Waals surface area contributed by atoms with Crippen molar-refractivity contribution in [3.8, 4) is 5.75 Å². The molecule has 0 aliphatic carbocycles. The smallest absolute Gasteiger partial charge is 0.334 e. The third kappa shape index (κ3) is 2.49. The Morgan fingerprint density at radius 3 is 2.62 bits per heavy atom. The number of aliphatic carboxylic acids is 1. The Kier molecular flexibility index (Phi) is 3.59. The van der Waals surface area contributed by atoms with Crippen LogP contribution in [-0.2, 0) is 10.3 Å². The van der Waals surface area contributed by atoms with E-state index in [2.05, 4.69) is 21.2 Å². The van der Waals surface area contributed by atoms with Gasteiger partial charge in [-0.15, -0.1) is 0 Å². The van der Waals surface area contributed by atoms with E-state index in [1.54, 1.807) is 12.1 Å². The second-order valence-electron chi connectivity index (χ2n) is 4.94. The maximum atomic E-state index is 12.0. The fraction of sp³-hybridized carbons (Fsp3) is 0.188. The lowest BCUT2D eigenvalue weighted by molar-refractivity contribution is -0.143. The normalized spacial score (nSPS) is 20.2. The Balaban J connectivity index is 2.05. The van der Waals surface area contributed by atoms with Crippen LogP contribution in [0, 0.1) is 0 Å². The maximum absolute atomic E-state index is 12.0. The molecule has 4 nitrogen and oxygen atoms in total. The van der Waals surface area contributed by atoms with Crippen molar-refractivity contribution in [1.82, 2.24) is 0 Å². The second-order valence-corrected chi connectivity index (χ2v) is 5.85. The summed E-state index contributed by atoms with van der Waals surface area (Å²) in [5.74, 6) is -0.281. The van der Waals surface area contributed by atoms with Gasteiger partial charge in [0.05, 0.1) is 6.61 Å². The molecule has 2 aromatic rings. The molecule has 0 bridgehead atoms. The van der Waals surface area contributed by atoms with Crippen LogP contribution in [-0.4, -0.2) is 17.7 Å². The molecule has 0 fully saturated rings. The number of rotatable bonds is 3. The van der Waals surface area contributed by atoms with Crippen LogP contribution in [0.4, 0.5) is 5.69 Å². The van der Waals surface area contributed by atoms with Crippen LogP contribution in [0.25, 0.3) is 0 Å². The van der Waals surface area contributed by atoms with Gasteiger partial charge in [-0.05, 0) is 30.3 Å². The van der Waals surface area contributed by atoms with E-state index in [9.17, 15) is 9.90 Å². The van der Waals surface area contributed by atoms with Crippen molar-refractivity contribution >= 4 is 27.6 Å². The van der Waals surface area contributed by atoms with Gasteiger partial charge in [0.2, 0.25) is 0 Å². The third-order valence-electron chi connectivity index (χ3n) is 3.65.